The molecule has 0 amide bonds. The number of nitrogens with zero attached hydrogens (tertiary/aromatic N) is 9. The minimum absolute atomic E-state index is 0.266. The van der Waals surface area contributed by atoms with Gasteiger partial charge in [-0.05, 0) is 12.1 Å². The summed E-state index contributed by atoms with van der Waals surface area (Å²) in [6.07, 6.45) is 12.9. The van der Waals surface area contributed by atoms with Crippen molar-refractivity contribution < 1.29 is 0 Å². The molecule has 5 heterocycles. The molecule has 0 saturated carbocycles. The lowest BCUT2D eigenvalue weighted by Crippen LogP contribution is -2.12. The highest BCUT2D eigenvalue weighted by atomic mass is 15.3. The van der Waals surface area contributed by atoms with Gasteiger partial charge in [0.05, 0.1) is 41.8 Å². The Morgan fingerprint density at radius 3 is 2.73 bits per heavy atom. The third kappa shape index (κ3) is 3.10. The molecular formula is C21H17N9. The van der Waals surface area contributed by atoms with Gasteiger partial charge in [-0.1, -0.05) is 6.07 Å². The highest BCUT2D eigenvalue weighted by Crippen LogP contribution is 2.26. The second-order valence-electron chi connectivity index (χ2n) is 6.86. The minimum atomic E-state index is -0.273. The maximum atomic E-state index is 9.31. The Bertz CT molecular complexity index is 1350. The first-order valence-corrected chi connectivity index (χ1v) is 9.38. The number of nitriles is 1. The van der Waals surface area contributed by atoms with Crippen molar-refractivity contribution in [2.75, 3.05) is 0 Å². The fourth-order valence-corrected chi connectivity index (χ4v) is 3.45. The van der Waals surface area contributed by atoms with Gasteiger partial charge in [-0.25, -0.2) is 9.97 Å². The Morgan fingerprint density at radius 1 is 1.07 bits per heavy atom. The van der Waals surface area contributed by atoms with Crippen molar-refractivity contribution in [1.82, 2.24) is 38.9 Å². The standard InChI is InChI=1S/C21H17N9/c1-28-13-15(11-25-28)18-10-20-24-8-9-29(20)21(27-18)16-12-26-30(14-16)19(5-6-22)17-4-2-3-7-23-17/h2-4,7-14,19H,5H2,1H3. The van der Waals surface area contributed by atoms with Crippen LogP contribution in [-0.4, -0.2) is 38.9 Å². The molecule has 0 aliphatic heterocycles. The number of aryl methyl sites for hydroxylation is 1. The highest BCUT2D eigenvalue weighted by molar-refractivity contribution is 5.68. The maximum absolute atomic E-state index is 9.31. The average Bonchev–Trinajstić information content (AvgIpc) is 3.52. The summed E-state index contributed by atoms with van der Waals surface area (Å²) in [5, 5.41) is 18.1. The quantitative estimate of drug-likeness (QED) is 0.453. The first-order valence-electron chi connectivity index (χ1n) is 9.38. The monoisotopic (exact) mass is 395 g/mol. The lowest BCUT2D eigenvalue weighted by Gasteiger charge is -2.13. The van der Waals surface area contributed by atoms with E-state index in [0.717, 1.165) is 28.2 Å². The molecule has 0 aliphatic rings. The number of hydrogen-bond donors (Lipinski definition) is 0. The number of rotatable bonds is 5. The van der Waals surface area contributed by atoms with Crippen molar-refractivity contribution in [1.29, 1.82) is 5.26 Å². The SMILES string of the molecule is Cn1cc(-c2cc3nccn3c(-c3cnn(C(CC#N)c4ccccn4)c3)n2)cn1. The van der Waals surface area contributed by atoms with Crippen LogP contribution in [0.4, 0.5) is 0 Å². The van der Waals surface area contributed by atoms with Gasteiger partial charge in [0.2, 0.25) is 0 Å². The van der Waals surface area contributed by atoms with Crippen LogP contribution in [0.25, 0.3) is 28.3 Å². The molecule has 5 rings (SSSR count). The fourth-order valence-electron chi connectivity index (χ4n) is 3.45. The van der Waals surface area contributed by atoms with E-state index in [9.17, 15) is 5.26 Å². The van der Waals surface area contributed by atoms with Gasteiger partial charge >= 0.3 is 0 Å². The molecule has 0 fully saturated rings. The largest absolute Gasteiger partial charge is 0.284 e. The number of aromatic nitrogens is 8. The molecule has 0 aromatic carbocycles. The van der Waals surface area contributed by atoms with E-state index in [1.807, 2.05) is 54.3 Å². The van der Waals surface area contributed by atoms with E-state index in [4.69, 9.17) is 4.98 Å². The van der Waals surface area contributed by atoms with Crippen molar-refractivity contribution >= 4 is 5.65 Å². The van der Waals surface area contributed by atoms with Crippen molar-refractivity contribution in [2.24, 2.45) is 7.05 Å². The van der Waals surface area contributed by atoms with E-state index >= 15 is 0 Å². The Balaban J connectivity index is 1.61. The molecule has 9 heteroatoms. The summed E-state index contributed by atoms with van der Waals surface area (Å²) in [5.74, 6) is 0.715. The molecule has 0 bridgehead atoms. The smallest absolute Gasteiger partial charge is 0.149 e. The number of pyridine rings is 1. The van der Waals surface area contributed by atoms with E-state index in [0.29, 0.717) is 5.82 Å². The molecule has 1 atom stereocenters. The molecule has 146 valence electrons. The van der Waals surface area contributed by atoms with Gasteiger partial charge in [-0.2, -0.15) is 15.5 Å². The van der Waals surface area contributed by atoms with Crippen LogP contribution < -0.4 is 0 Å². The molecule has 0 radical (unpaired) electrons. The van der Waals surface area contributed by atoms with Crippen LogP contribution in [0.15, 0.2) is 67.6 Å². The molecule has 0 aliphatic carbocycles. The van der Waals surface area contributed by atoms with E-state index in [-0.39, 0.29) is 12.5 Å². The zero-order valence-corrected chi connectivity index (χ0v) is 16.2. The van der Waals surface area contributed by atoms with Crippen molar-refractivity contribution in [2.45, 2.75) is 12.5 Å². The number of fused-ring (bicyclic) bond motifs is 1. The summed E-state index contributed by atoms with van der Waals surface area (Å²) >= 11 is 0. The van der Waals surface area contributed by atoms with Crippen LogP contribution in [-0.2, 0) is 7.05 Å². The summed E-state index contributed by atoms with van der Waals surface area (Å²) < 4.78 is 5.42. The Hall–Kier alpha value is -4.32. The predicted octanol–water partition coefficient (Wildman–Crippen LogP) is 2.89. The van der Waals surface area contributed by atoms with Crippen LogP contribution in [0.3, 0.4) is 0 Å². The van der Waals surface area contributed by atoms with Gasteiger partial charge in [0, 0.05) is 49.7 Å². The summed E-state index contributed by atoms with van der Waals surface area (Å²) in [5.41, 5.74) is 4.08. The minimum Gasteiger partial charge on any atom is -0.284 e. The summed E-state index contributed by atoms with van der Waals surface area (Å²) in [7, 11) is 1.87. The van der Waals surface area contributed by atoms with Gasteiger partial charge < -0.3 is 0 Å². The molecule has 30 heavy (non-hydrogen) atoms. The van der Waals surface area contributed by atoms with Gasteiger partial charge in [0.25, 0.3) is 0 Å². The average molecular weight is 395 g/mol. The third-order valence-corrected chi connectivity index (χ3v) is 4.88. The zero-order valence-electron chi connectivity index (χ0n) is 16.2. The van der Waals surface area contributed by atoms with Crippen LogP contribution in [0, 0.1) is 11.3 Å². The van der Waals surface area contributed by atoms with E-state index in [1.54, 1.807) is 34.2 Å². The maximum Gasteiger partial charge on any atom is 0.149 e. The summed E-state index contributed by atoms with van der Waals surface area (Å²) in [6.45, 7) is 0. The summed E-state index contributed by atoms with van der Waals surface area (Å²) in [4.78, 5) is 13.7. The molecule has 1 unspecified atom stereocenters. The fraction of sp³-hybridized carbons (Fsp3) is 0.143. The topological polar surface area (TPSA) is 103 Å². The molecular weight excluding hydrogens is 378 g/mol. The highest BCUT2D eigenvalue weighted by Gasteiger charge is 2.18. The number of imidazole rings is 1. The van der Waals surface area contributed by atoms with Crippen molar-refractivity contribution in [3.05, 3.63) is 73.3 Å². The van der Waals surface area contributed by atoms with Gasteiger partial charge in [0.1, 0.15) is 17.5 Å². The number of hydrogen-bond acceptors (Lipinski definition) is 6. The predicted molar refractivity (Wildman–Crippen MR) is 109 cm³/mol. The van der Waals surface area contributed by atoms with Crippen LogP contribution in [0.1, 0.15) is 18.2 Å². The first-order chi connectivity index (χ1) is 14.7. The Kier molecular flexibility index (Phi) is 4.29. The molecule has 5 aromatic rings. The van der Waals surface area contributed by atoms with Gasteiger partial charge in [0.15, 0.2) is 0 Å². The molecule has 0 spiro atoms. The summed E-state index contributed by atoms with van der Waals surface area (Å²) in [6, 6.07) is 9.55. The Morgan fingerprint density at radius 2 is 1.97 bits per heavy atom. The molecule has 5 aromatic heterocycles. The lowest BCUT2D eigenvalue weighted by molar-refractivity contribution is 0.520. The third-order valence-electron chi connectivity index (χ3n) is 4.88. The van der Waals surface area contributed by atoms with Crippen molar-refractivity contribution in [3.63, 3.8) is 0 Å². The van der Waals surface area contributed by atoms with E-state index < -0.39 is 0 Å². The molecule has 9 nitrogen and oxygen atoms in total. The van der Waals surface area contributed by atoms with Gasteiger partial charge in [-0.3, -0.25) is 18.7 Å². The van der Waals surface area contributed by atoms with E-state index in [2.05, 4.69) is 26.2 Å². The van der Waals surface area contributed by atoms with Crippen LogP contribution in [0.2, 0.25) is 0 Å². The molecule has 0 saturated heterocycles. The zero-order chi connectivity index (χ0) is 20.5. The van der Waals surface area contributed by atoms with Gasteiger partial charge in [-0.15, -0.1) is 0 Å². The lowest BCUT2D eigenvalue weighted by atomic mass is 10.1. The normalized spacial score (nSPS) is 12.1. The van der Waals surface area contributed by atoms with E-state index in [1.165, 1.54) is 0 Å². The van der Waals surface area contributed by atoms with Crippen LogP contribution >= 0.6 is 0 Å². The molecule has 0 N–H and O–H groups in total. The Labute approximate surface area is 171 Å². The van der Waals surface area contributed by atoms with Crippen molar-refractivity contribution in [3.8, 4) is 28.7 Å². The second kappa shape index (κ2) is 7.25. The second-order valence-corrected chi connectivity index (χ2v) is 6.86. The van der Waals surface area contributed by atoms with Crippen LogP contribution in [0.5, 0.6) is 0 Å². The first kappa shape index (κ1) is 17.8.